The highest BCUT2D eigenvalue weighted by atomic mass is 79.9. The van der Waals surface area contributed by atoms with E-state index in [-0.39, 0.29) is 24.8 Å². The Morgan fingerprint density at radius 1 is 1.10 bits per heavy atom. The van der Waals surface area contributed by atoms with E-state index in [1.54, 1.807) is 16.2 Å². The zero-order valence-electron chi connectivity index (χ0n) is 17.2. The molecule has 0 unspecified atom stereocenters. The number of halogens is 1. The van der Waals surface area contributed by atoms with Gasteiger partial charge in [0.1, 0.15) is 11.5 Å². The molecule has 31 heavy (non-hydrogen) atoms. The van der Waals surface area contributed by atoms with Gasteiger partial charge in [-0.15, -0.1) is 11.3 Å². The molecule has 0 saturated heterocycles. The van der Waals surface area contributed by atoms with Crippen LogP contribution in [0.15, 0.2) is 58.0 Å². The number of nitrogens with zero attached hydrogens (tertiary/aromatic N) is 2. The third-order valence-electron chi connectivity index (χ3n) is 5.85. The van der Waals surface area contributed by atoms with Gasteiger partial charge < -0.3 is 0 Å². The molecule has 0 saturated carbocycles. The van der Waals surface area contributed by atoms with Gasteiger partial charge in [-0.25, -0.2) is 0 Å². The highest BCUT2D eigenvalue weighted by Crippen LogP contribution is 2.43. The topological polar surface area (TPSA) is 49.7 Å². The average molecular weight is 493 g/mol. The molecule has 4 nitrogen and oxygen atoms in total. The van der Waals surface area contributed by atoms with Crippen LogP contribution in [0.25, 0.3) is 0 Å². The number of Topliss-reactive ketones (excluding diaryl/α,β-unsaturated/α-hetero) is 1. The highest BCUT2D eigenvalue weighted by Gasteiger charge is 2.34. The summed E-state index contributed by atoms with van der Waals surface area (Å²) in [5.74, 6) is -0.186. The second kappa shape index (κ2) is 8.17. The SMILES string of the molecule is Cc1ccc(C(=O)CN2C(=O)CN=C(c3ccc(Br)cc3)c3c2sc2c3CCC2)cc1. The van der Waals surface area contributed by atoms with Gasteiger partial charge in [0.2, 0.25) is 5.91 Å². The van der Waals surface area contributed by atoms with Gasteiger partial charge in [0.05, 0.1) is 12.3 Å². The number of benzene rings is 2. The van der Waals surface area contributed by atoms with Crippen molar-refractivity contribution in [1.29, 1.82) is 0 Å². The highest BCUT2D eigenvalue weighted by molar-refractivity contribution is 9.10. The lowest BCUT2D eigenvalue weighted by molar-refractivity contribution is -0.117. The van der Waals surface area contributed by atoms with Crippen LogP contribution >= 0.6 is 27.3 Å². The summed E-state index contributed by atoms with van der Waals surface area (Å²) < 4.78 is 1.00. The van der Waals surface area contributed by atoms with Gasteiger partial charge in [0, 0.05) is 26.0 Å². The number of thiophene rings is 1. The van der Waals surface area contributed by atoms with Gasteiger partial charge in [-0.2, -0.15) is 0 Å². The molecule has 0 bridgehead atoms. The second-order valence-corrected chi connectivity index (χ2v) is 9.98. The van der Waals surface area contributed by atoms with E-state index in [1.165, 1.54) is 10.4 Å². The van der Waals surface area contributed by atoms with Gasteiger partial charge in [-0.05, 0) is 43.9 Å². The molecule has 2 aromatic carbocycles. The quantitative estimate of drug-likeness (QED) is 0.459. The Morgan fingerprint density at radius 2 is 1.84 bits per heavy atom. The van der Waals surface area contributed by atoms with Crippen LogP contribution in [0.3, 0.4) is 0 Å². The molecule has 6 heteroatoms. The Balaban J connectivity index is 1.57. The summed E-state index contributed by atoms with van der Waals surface area (Å²) >= 11 is 5.15. The number of carbonyl (C=O) groups excluding carboxylic acids is 2. The molecule has 1 aromatic heterocycles. The zero-order chi connectivity index (χ0) is 21.5. The smallest absolute Gasteiger partial charge is 0.249 e. The number of ketones is 1. The van der Waals surface area contributed by atoms with Gasteiger partial charge in [0.25, 0.3) is 0 Å². The standard InChI is InChI=1S/C25H21BrN2O2S/c1-15-5-7-16(8-6-15)20(29)14-28-22(30)13-27-24(17-9-11-18(26)12-10-17)23-19-3-2-4-21(19)31-25(23)28/h5-12H,2-4,13-14H2,1H3. The van der Waals surface area contributed by atoms with Crippen LogP contribution in [-0.2, 0) is 17.6 Å². The predicted octanol–water partition coefficient (Wildman–Crippen LogP) is 5.37. The van der Waals surface area contributed by atoms with Crippen molar-refractivity contribution in [2.45, 2.75) is 26.2 Å². The Hall–Kier alpha value is -2.57. The molecule has 0 atom stereocenters. The number of aliphatic imine (C=N–C) groups is 1. The molecule has 156 valence electrons. The third kappa shape index (κ3) is 3.79. The first-order valence-electron chi connectivity index (χ1n) is 10.4. The molecule has 0 radical (unpaired) electrons. The van der Waals surface area contributed by atoms with E-state index < -0.39 is 0 Å². The number of aryl methyl sites for hydroxylation is 2. The lowest BCUT2D eigenvalue weighted by Crippen LogP contribution is -2.36. The monoisotopic (exact) mass is 492 g/mol. The fraction of sp³-hybridized carbons (Fsp3) is 0.240. The number of hydrogen-bond donors (Lipinski definition) is 0. The van der Waals surface area contributed by atoms with Crippen molar-refractivity contribution in [3.63, 3.8) is 0 Å². The van der Waals surface area contributed by atoms with Crippen LogP contribution in [0.4, 0.5) is 5.00 Å². The Morgan fingerprint density at radius 3 is 2.58 bits per heavy atom. The summed E-state index contributed by atoms with van der Waals surface area (Å²) in [5, 5.41) is 0.870. The van der Waals surface area contributed by atoms with Crippen LogP contribution in [0, 0.1) is 6.92 Å². The lowest BCUT2D eigenvalue weighted by Gasteiger charge is -2.20. The van der Waals surface area contributed by atoms with Crippen molar-refractivity contribution in [2.75, 3.05) is 18.0 Å². The van der Waals surface area contributed by atoms with Crippen molar-refractivity contribution in [1.82, 2.24) is 0 Å². The zero-order valence-corrected chi connectivity index (χ0v) is 19.6. The van der Waals surface area contributed by atoms with Crippen LogP contribution < -0.4 is 4.90 Å². The largest absolute Gasteiger partial charge is 0.294 e. The van der Waals surface area contributed by atoms with Gasteiger partial charge >= 0.3 is 0 Å². The van der Waals surface area contributed by atoms with E-state index in [2.05, 4.69) is 15.9 Å². The maximum absolute atomic E-state index is 13.1. The van der Waals surface area contributed by atoms with Crippen molar-refractivity contribution in [2.24, 2.45) is 4.99 Å². The fourth-order valence-corrected chi connectivity index (χ4v) is 5.90. The van der Waals surface area contributed by atoms with Crippen LogP contribution in [0.1, 0.15) is 43.9 Å². The maximum atomic E-state index is 13.1. The summed E-state index contributed by atoms with van der Waals surface area (Å²) in [6.07, 6.45) is 3.14. The Bertz CT molecular complexity index is 1210. The van der Waals surface area contributed by atoms with Crippen LogP contribution in [0.5, 0.6) is 0 Å². The van der Waals surface area contributed by atoms with Gasteiger partial charge in [0.15, 0.2) is 5.78 Å². The summed E-state index contributed by atoms with van der Waals surface area (Å²) in [6, 6.07) is 15.6. The van der Waals surface area contributed by atoms with E-state index >= 15 is 0 Å². The molecule has 1 aliphatic heterocycles. The minimum absolute atomic E-state index is 0.0391. The molecule has 0 spiro atoms. The molecule has 1 amide bonds. The molecular weight excluding hydrogens is 472 g/mol. The molecule has 2 heterocycles. The number of rotatable bonds is 4. The third-order valence-corrected chi connectivity index (χ3v) is 7.69. The van der Waals surface area contributed by atoms with Crippen molar-refractivity contribution in [3.8, 4) is 0 Å². The molecule has 5 rings (SSSR count). The number of hydrogen-bond acceptors (Lipinski definition) is 4. The molecule has 0 N–H and O–H groups in total. The molecule has 1 aliphatic carbocycles. The molecule has 0 fully saturated rings. The fourth-order valence-electron chi connectivity index (χ4n) is 4.23. The maximum Gasteiger partial charge on any atom is 0.249 e. The molecule has 3 aromatic rings. The average Bonchev–Trinajstić information content (AvgIpc) is 3.32. The summed E-state index contributed by atoms with van der Waals surface area (Å²) in [7, 11) is 0. The van der Waals surface area contributed by atoms with E-state index in [4.69, 9.17) is 4.99 Å². The first kappa shape index (κ1) is 20.3. The first-order chi connectivity index (χ1) is 15.0. The van der Waals surface area contributed by atoms with Gasteiger partial charge in [-0.1, -0.05) is 57.9 Å². The predicted molar refractivity (Wildman–Crippen MR) is 129 cm³/mol. The summed E-state index contributed by atoms with van der Waals surface area (Å²) in [5.41, 5.74) is 5.93. The van der Waals surface area contributed by atoms with Crippen LogP contribution in [-0.4, -0.2) is 30.5 Å². The normalized spacial score (nSPS) is 15.4. The number of amides is 1. The Labute approximate surface area is 193 Å². The number of carbonyl (C=O) groups is 2. The molecular formula is C25H21BrN2O2S. The number of anilines is 1. The lowest BCUT2D eigenvalue weighted by atomic mass is 9.99. The van der Waals surface area contributed by atoms with Crippen LogP contribution in [0.2, 0.25) is 0 Å². The van der Waals surface area contributed by atoms with E-state index in [0.29, 0.717) is 5.56 Å². The van der Waals surface area contributed by atoms with E-state index in [9.17, 15) is 9.59 Å². The minimum atomic E-state index is -0.131. The second-order valence-electron chi connectivity index (χ2n) is 7.98. The molecule has 2 aliphatic rings. The Kier molecular flexibility index (Phi) is 5.36. The summed E-state index contributed by atoms with van der Waals surface area (Å²) in [4.78, 5) is 33.9. The van der Waals surface area contributed by atoms with E-state index in [0.717, 1.165) is 51.1 Å². The van der Waals surface area contributed by atoms with Crippen molar-refractivity contribution < 1.29 is 9.59 Å². The van der Waals surface area contributed by atoms with Crippen molar-refractivity contribution >= 4 is 49.7 Å². The van der Waals surface area contributed by atoms with Gasteiger partial charge in [-0.3, -0.25) is 19.5 Å². The first-order valence-corrected chi connectivity index (χ1v) is 12.0. The number of fused-ring (bicyclic) bond motifs is 3. The summed E-state index contributed by atoms with van der Waals surface area (Å²) in [6.45, 7) is 2.08. The van der Waals surface area contributed by atoms with E-state index in [1.807, 2.05) is 55.5 Å². The van der Waals surface area contributed by atoms with Crippen molar-refractivity contribution in [3.05, 3.63) is 85.7 Å². The minimum Gasteiger partial charge on any atom is -0.294 e.